The van der Waals surface area contributed by atoms with Crippen LogP contribution in [0, 0.1) is 5.82 Å². The number of rotatable bonds is 4. The highest BCUT2D eigenvalue weighted by Gasteiger charge is 2.35. The van der Waals surface area contributed by atoms with Gasteiger partial charge in [-0.1, -0.05) is 0 Å². The monoisotopic (exact) mass is 369 g/mol. The molecule has 0 atom stereocenters. The molecule has 1 saturated carbocycles. The fourth-order valence-corrected chi connectivity index (χ4v) is 3.77. The van der Waals surface area contributed by atoms with E-state index in [-0.39, 0.29) is 23.0 Å². The van der Waals surface area contributed by atoms with Crippen LogP contribution < -0.4 is 20.9 Å². The summed E-state index contributed by atoms with van der Waals surface area (Å²) in [5.41, 5.74) is -2.82. The molecule has 0 spiro atoms. The summed E-state index contributed by atoms with van der Waals surface area (Å²) in [7, 11) is 1.29. The fraction of sp³-hybridized carbons (Fsp3) is 0.529. The van der Waals surface area contributed by atoms with E-state index in [2.05, 4.69) is 0 Å². The van der Waals surface area contributed by atoms with Crippen LogP contribution in [0.25, 0.3) is 10.9 Å². The molecule has 0 unspecified atom stereocenters. The van der Waals surface area contributed by atoms with Gasteiger partial charge >= 0.3 is 5.69 Å². The molecule has 1 aromatic heterocycles. The molecule has 0 radical (unpaired) electrons. The molecule has 1 aromatic carbocycles. The molecular weight excluding hydrogens is 351 g/mol. The van der Waals surface area contributed by atoms with Gasteiger partial charge in [0.2, 0.25) is 0 Å². The zero-order valence-corrected chi connectivity index (χ0v) is 14.2. The first-order valence-corrected chi connectivity index (χ1v) is 8.56. The van der Waals surface area contributed by atoms with Crippen LogP contribution in [0.5, 0.6) is 5.75 Å². The third-order valence-electron chi connectivity index (χ3n) is 5.04. The second-order valence-electron chi connectivity index (χ2n) is 6.69. The molecule has 2 fully saturated rings. The number of alkyl halides is 2. The van der Waals surface area contributed by atoms with Crippen molar-refractivity contribution in [1.29, 1.82) is 0 Å². The van der Waals surface area contributed by atoms with Gasteiger partial charge in [-0.05, 0) is 25.7 Å². The zero-order chi connectivity index (χ0) is 18.6. The molecule has 1 N–H and O–H groups in total. The molecule has 0 amide bonds. The molecule has 2 heterocycles. The molecule has 2 aliphatic rings. The standard InChI is InChI=1S/C17H18F3N3O3/c1-26-14-12-10(16(24)21-17(25)23(12)8-4-5-8)9(15(19)20)11(18)13(14)22-6-2-3-7-22/h8,15H,2-7H2,1H3,(H,21,24,25). The first-order chi connectivity index (χ1) is 12.5. The number of halogens is 3. The van der Waals surface area contributed by atoms with E-state index in [1.165, 1.54) is 11.7 Å². The lowest BCUT2D eigenvalue weighted by Crippen LogP contribution is -2.32. The first kappa shape index (κ1) is 17.0. The van der Waals surface area contributed by atoms with Crippen molar-refractivity contribution in [2.24, 2.45) is 0 Å². The van der Waals surface area contributed by atoms with E-state index < -0.39 is 34.4 Å². The van der Waals surface area contributed by atoms with Crippen LogP contribution in [0.4, 0.5) is 18.9 Å². The van der Waals surface area contributed by atoms with E-state index >= 15 is 4.39 Å². The van der Waals surface area contributed by atoms with Crippen molar-refractivity contribution >= 4 is 16.6 Å². The predicted molar refractivity (Wildman–Crippen MR) is 90.0 cm³/mol. The van der Waals surface area contributed by atoms with Gasteiger partial charge in [0.15, 0.2) is 11.6 Å². The van der Waals surface area contributed by atoms with Crippen LogP contribution in [0.2, 0.25) is 0 Å². The number of aromatic amines is 1. The summed E-state index contributed by atoms with van der Waals surface area (Å²) in [4.78, 5) is 28.4. The Labute approximate surface area is 146 Å². The minimum Gasteiger partial charge on any atom is -0.492 e. The van der Waals surface area contributed by atoms with Gasteiger partial charge in [-0.25, -0.2) is 18.0 Å². The van der Waals surface area contributed by atoms with Gasteiger partial charge in [-0.2, -0.15) is 0 Å². The highest BCUT2D eigenvalue weighted by Crippen LogP contribution is 2.46. The van der Waals surface area contributed by atoms with Gasteiger partial charge in [-0.15, -0.1) is 0 Å². The van der Waals surface area contributed by atoms with Crippen molar-refractivity contribution < 1.29 is 17.9 Å². The Balaban J connectivity index is 2.22. The Bertz CT molecular complexity index is 989. The normalized spacial score (nSPS) is 17.5. The number of nitrogens with zero attached hydrogens (tertiary/aromatic N) is 2. The van der Waals surface area contributed by atoms with Crippen molar-refractivity contribution in [2.75, 3.05) is 25.1 Å². The summed E-state index contributed by atoms with van der Waals surface area (Å²) in [6.07, 6.45) is -0.226. The van der Waals surface area contributed by atoms with Crippen LogP contribution in [0.15, 0.2) is 9.59 Å². The molecule has 4 rings (SSSR count). The second kappa shape index (κ2) is 6.07. The lowest BCUT2D eigenvalue weighted by molar-refractivity contribution is 0.148. The van der Waals surface area contributed by atoms with Gasteiger partial charge in [0.25, 0.3) is 12.0 Å². The second-order valence-corrected chi connectivity index (χ2v) is 6.69. The van der Waals surface area contributed by atoms with Crippen molar-refractivity contribution in [3.63, 3.8) is 0 Å². The number of anilines is 1. The summed E-state index contributed by atoms with van der Waals surface area (Å²) in [5, 5.41) is -0.510. The van der Waals surface area contributed by atoms with Gasteiger partial charge in [0.05, 0.1) is 18.1 Å². The van der Waals surface area contributed by atoms with Gasteiger partial charge in [0, 0.05) is 19.1 Å². The molecule has 0 bridgehead atoms. The number of H-pyrrole nitrogens is 1. The molecule has 1 aliphatic carbocycles. The fourth-order valence-electron chi connectivity index (χ4n) is 3.77. The van der Waals surface area contributed by atoms with Crippen LogP contribution in [-0.4, -0.2) is 29.8 Å². The third-order valence-corrected chi connectivity index (χ3v) is 5.04. The third kappa shape index (κ3) is 2.40. The summed E-state index contributed by atoms with van der Waals surface area (Å²) in [6.45, 7) is 0.997. The number of hydrogen-bond donors (Lipinski definition) is 1. The topological polar surface area (TPSA) is 67.3 Å². The molecule has 6 nitrogen and oxygen atoms in total. The highest BCUT2D eigenvalue weighted by atomic mass is 19.3. The maximum Gasteiger partial charge on any atom is 0.329 e. The average Bonchev–Trinajstić information content (AvgIpc) is 3.27. The maximum absolute atomic E-state index is 15.1. The van der Waals surface area contributed by atoms with Gasteiger partial charge in [-0.3, -0.25) is 14.3 Å². The minimum atomic E-state index is -3.20. The number of methoxy groups -OCH3 is 1. The molecule has 9 heteroatoms. The van der Waals surface area contributed by atoms with Crippen LogP contribution in [0.1, 0.15) is 43.7 Å². The molecule has 1 saturated heterocycles. The minimum absolute atomic E-state index is 0.0288. The van der Waals surface area contributed by atoms with E-state index in [4.69, 9.17) is 4.74 Å². The van der Waals surface area contributed by atoms with E-state index in [0.717, 1.165) is 12.8 Å². The smallest absolute Gasteiger partial charge is 0.329 e. The summed E-state index contributed by atoms with van der Waals surface area (Å²) < 4.78 is 49.3. The van der Waals surface area contributed by atoms with E-state index in [1.54, 1.807) is 4.90 Å². The quantitative estimate of drug-likeness (QED) is 0.900. The SMILES string of the molecule is COc1c(N2CCCC2)c(F)c(C(F)F)c2c(=O)[nH]c(=O)n(C3CC3)c12. The number of hydrogen-bond acceptors (Lipinski definition) is 4. The first-order valence-electron chi connectivity index (χ1n) is 8.56. The molecule has 26 heavy (non-hydrogen) atoms. The summed E-state index contributed by atoms with van der Waals surface area (Å²) >= 11 is 0. The number of ether oxygens (including phenoxy) is 1. The van der Waals surface area contributed by atoms with E-state index in [9.17, 15) is 18.4 Å². The van der Waals surface area contributed by atoms with Gasteiger partial charge < -0.3 is 9.64 Å². The number of fused-ring (bicyclic) bond motifs is 1. The molecule has 1 aliphatic heterocycles. The number of benzene rings is 1. The van der Waals surface area contributed by atoms with Crippen molar-refractivity contribution in [1.82, 2.24) is 9.55 Å². The Morgan fingerprint density at radius 3 is 2.38 bits per heavy atom. The number of nitrogens with one attached hydrogen (secondary N) is 1. The lowest BCUT2D eigenvalue weighted by Gasteiger charge is -2.25. The Morgan fingerprint density at radius 2 is 1.85 bits per heavy atom. The van der Waals surface area contributed by atoms with Crippen LogP contribution in [0.3, 0.4) is 0 Å². The van der Waals surface area contributed by atoms with Crippen molar-refractivity contribution in [3.8, 4) is 5.75 Å². The summed E-state index contributed by atoms with van der Waals surface area (Å²) in [6, 6.07) is -0.210. The predicted octanol–water partition coefficient (Wildman–Crippen LogP) is 2.71. The lowest BCUT2D eigenvalue weighted by atomic mass is 10.0. The van der Waals surface area contributed by atoms with Crippen molar-refractivity contribution in [3.05, 3.63) is 32.2 Å². The van der Waals surface area contributed by atoms with Crippen LogP contribution in [-0.2, 0) is 0 Å². The Hall–Kier alpha value is -2.45. The van der Waals surface area contributed by atoms with E-state index in [1.807, 2.05) is 4.98 Å². The largest absolute Gasteiger partial charge is 0.492 e. The Morgan fingerprint density at radius 1 is 1.19 bits per heavy atom. The molecular formula is C17H18F3N3O3. The van der Waals surface area contributed by atoms with Gasteiger partial charge in [0.1, 0.15) is 11.2 Å². The molecule has 140 valence electrons. The van der Waals surface area contributed by atoms with Crippen molar-refractivity contribution in [2.45, 2.75) is 38.2 Å². The van der Waals surface area contributed by atoms with Crippen LogP contribution >= 0.6 is 0 Å². The summed E-state index contributed by atoms with van der Waals surface area (Å²) in [5.74, 6) is -1.18. The molecule has 2 aromatic rings. The average molecular weight is 369 g/mol. The Kier molecular flexibility index (Phi) is 3.96. The maximum atomic E-state index is 15.1. The number of aromatic nitrogens is 2. The highest BCUT2D eigenvalue weighted by molar-refractivity contribution is 5.94. The van der Waals surface area contributed by atoms with E-state index in [0.29, 0.717) is 25.9 Å². The zero-order valence-electron chi connectivity index (χ0n) is 14.2.